The summed E-state index contributed by atoms with van der Waals surface area (Å²) in [5, 5.41) is 10.7. The molecule has 2 aromatic carbocycles. The van der Waals surface area contributed by atoms with Crippen LogP contribution in [0.1, 0.15) is 11.1 Å². The Balaban J connectivity index is 1.91. The van der Waals surface area contributed by atoms with Crippen LogP contribution in [0.25, 0.3) is 16.3 Å². The van der Waals surface area contributed by atoms with Gasteiger partial charge in [0.25, 0.3) is 11.6 Å². The Morgan fingerprint density at radius 1 is 1.30 bits per heavy atom. The first-order chi connectivity index (χ1) is 13.0. The predicted octanol–water partition coefficient (Wildman–Crippen LogP) is 4.25. The topological polar surface area (TPSA) is 77.5 Å². The number of fused-ring (bicyclic) bond motifs is 1. The Hall–Kier alpha value is -3.32. The first kappa shape index (κ1) is 18.5. The van der Waals surface area contributed by atoms with Gasteiger partial charge in [-0.2, -0.15) is 4.99 Å². The molecule has 0 aliphatic rings. The van der Waals surface area contributed by atoms with Crippen LogP contribution >= 0.6 is 11.3 Å². The number of hydrogen-bond acceptors (Lipinski definition) is 4. The van der Waals surface area contributed by atoms with E-state index in [4.69, 9.17) is 0 Å². The zero-order valence-corrected chi connectivity index (χ0v) is 15.5. The Kier molecular flexibility index (Phi) is 5.42. The molecular formula is C20H17N3O3S. The maximum Gasteiger partial charge on any atom is 0.272 e. The van der Waals surface area contributed by atoms with Gasteiger partial charge in [0.2, 0.25) is 0 Å². The fraction of sp³-hybridized carbons (Fsp3) is 0.100. The van der Waals surface area contributed by atoms with Crippen molar-refractivity contribution in [3.05, 3.63) is 87.2 Å². The lowest BCUT2D eigenvalue weighted by Gasteiger charge is -2.00. The molecule has 1 aromatic heterocycles. The SMILES string of the molecule is C=CCn1c(=NC(=O)C=Cc2ccc([N+](=O)[O-])cc2)sc2cc(C)ccc21. The predicted molar refractivity (Wildman–Crippen MR) is 107 cm³/mol. The number of carbonyl (C=O) groups is 1. The second kappa shape index (κ2) is 7.92. The Labute approximate surface area is 159 Å². The van der Waals surface area contributed by atoms with Gasteiger partial charge in [0.15, 0.2) is 4.80 Å². The number of aromatic nitrogens is 1. The monoisotopic (exact) mass is 379 g/mol. The van der Waals surface area contributed by atoms with E-state index in [1.165, 1.54) is 29.5 Å². The van der Waals surface area contributed by atoms with E-state index in [9.17, 15) is 14.9 Å². The molecule has 0 unspecified atom stereocenters. The minimum Gasteiger partial charge on any atom is -0.312 e. The number of benzene rings is 2. The summed E-state index contributed by atoms with van der Waals surface area (Å²) in [6, 6.07) is 12.1. The van der Waals surface area contributed by atoms with Crippen LogP contribution in [0.5, 0.6) is 0 Å². The first-order valence-electron chi connectivity index (χ1n) is 8.20. The molecule has 3 rings (SSSR count). The number of aryl methyl sites for hydroxylation is 1. The molecule has 0 saturated carbocycles. The Bertz CT molecular complexity index is 1120. The molecule has 0 saturated heterocycles. The van der Waals surface area contributed by atoms with Crippen molar-refractivity contribution in [1.29, 1.82) is 0 Å². The lowest BCUT2D eigenvalue weighted by Crippen LogP contribution is -2.15. The lowest BCUT2D eigenvalue weighted by atomic mass is 10.2. The zero-order chi connectivity index (χ0) is 19.4. The van der Waals surface area contributed by atoms with Gasteiger partial charge in [-0.3, -0.25) is 14.9 Å². The summed E-state index contributed by atoms with van der Waals surface area (Å²) in [5.41, 5.74) is 2.85. The molecule has 0 atom stereocenters. The maximum absolute atomic E-state index is 12.3. The molecular weight excluding hydrogens is 362 g/mol. The molecule has 7 heteroatoms. The summed E-state index contributed by atoms with van der Waals surface area (Å²) in [5.74, 6) is -0.394. The molecule has 136 valence electrons. The highest BCUT2D eigenvalue weighted by atomic mass is 32.1. The second-order valence-electron chi connectivity index (χ2n) is 5.89. The van der Waals surface area contributed by atoms with Gasteiger partial charge in [-0.25, -0.2) is 0 Å². The number of hydrogen-bond donors (Lipinski definition) is 0. The molecule has 1 amide bonds. The van der Waals surface area contributed by atoms with Crippen molar-refractivity contribution in [3.8, 4) is 0 Å². The van der Waals surface area contributed by atoms with E-state index >= 15 is 0 Å². The number of carbonyl (C=O) groups excluding carboxylic acids is 1. The molecule has 0 spiro atoms. The fourth-order valence-electron chi connectivity index (χ4n) is 2.58. The van der Waals surface area contributed by atoms with E-state index in [1.54, 1.807) is 24.3 Å². The summed E-state index contributed by atoms with van der Waals surface area (Å²) in [6.07, 6.45) is 4.71. The van der Waals surface area contributed by atoms with Crippen LogP contribution in [-0.4, -0.2) is 15.4 Å². The van der Waals surface area contributed by atoms with Crippen LogP contribution in [0.3, 0.4) is 0 Å². The highest BCUT2D eigenvalue weighted by molar-refractivity contribution is 7.16. The van der Waals surface area contributed by atoms with E-state index in [2.05, 4.69) is 17.6 Å². The van der Waals surface area contributed by atoms with Crippen LogP contribution in [0, 0.1) is 17.0 Å². The van der Waals surface area contributed by atoms with Gasteiger partial charge in [0.05, 0.1) is 15.1 Å². The molecule has 0 aliphatic carbocycles. The lowest BCUT2D eigenvalue weighted by molar-refractivity contribution is -0.384. The Morgan fingerprint density at radius 3 is 2.70 bits per heavy atom. The number of allylic oxidation sites excluding steroid dienone is 1. The highest BCUT2D eigenvalue weighted by Crippen LogP contribution is 2.19. The van der Waals surface area contributed by atoms with Crippen molar-refractivity contribution in [2.24, 2.45) is 4.99 Å². The van der Waals surface area contributed by atoms with Gasteiger partial charge in [-0.1, -0.05) is 23.5 Å². The van der Waals surface area contributed by atoms with Crippen LogP contribution < -0.4 is 4.80 Å². The van der Waals surface area contributed by atoms with Crippen LogP contribution in [-0.2, 0) is 11.3 Å². The summed E-state index contributed by atoms with van der Waals surface area (Å²) >= 11 is 1.45. The van der Waals surface area contributed by atoms with Gasteiger partial charge in [-0.05, 0) is 48.4 Å². The largest absolute Gasteiger partial charge is 0.312 e. The fourth-order valence-corrected chi connectivity index (χ4v) is 3.72. The molecule has 0 fully saturated rings. The van der Waals surface area contributed by atoms with E-state index in [0.717, 1.165) is 15.8 Å². The van der Waals surface area contributed by atoms with E-state index in [1.807, 2.05) is 23.6 Å². The van der Waals surface area contributed by atoms with E-state index in [0.29, 0.717) is 16.9 Å². The van der Waals surface area contributed by atoms with Crippen molar-refractivity contribution < 1.29 is 9.72 Å². The number of amides is 1. The number of nitro groups is 1. The molecule has 0 radical (unpaired) electrons. The Morgan fingerprint density at radius 2 is 2.04 bits per heavy atom. The van der Waals surface area contributed by atoms with Crippen molar-refractivity contribution in [1.82, 2.24) is 4.57 Å². The second-order valence-corrected chi connectivity index (χ2v) is 6.90. The minimum absolute atomic E-state index is 0.00852. The number of thiazole rings is 1. The molecule has 27 heavy (non-hydrogen) atoms. The molecule has 0 aliphatic heterocycles. The van der Waals surface area contributed by atoms with Crippen molar-refractivity contribution >= 4 is 39.2 Å². The first-order valence-corrected chi connectivity index (χ1v) is 9.01. The number of rotatable bonds is 5. The van der Waals surface area contributed by atoms with E-state index in [-0.39, 0.29) is 5.69 Å². The van der Waals surface area contributed by atoms with Crippen LogP contribution in [0.2, 0.25) is 0 Å². The maximum atomic E-state index is 12.3. The third kappa shape index (κ3) is 4.27. The summed E-state index contributed by atoms with van der Waals surface area (Å²) in [4.78, 5) is 27.3. The number of nitrogens with zero attached hydrogens (tertiary/aromatic N) is 3. The normalized spacial score (nSPS) is 12.0. The molecule has 1 heterocycles. The van der Waals surface area contributed by atoms with Crippen LogP contribution in [0.15, 0.2) is 66.2 Å². The number of nitro benzene ring substituents is 1. The number of non-ortho nitro benzene ring substituents is 1. The average Bonchev–Trinajstić information content (AvgIpc) is 2.97. The van der Waals surface area contributed by atoms with Crippen LogP contribution in [0.4, 0.5) is 5.69 Å². The zero-order valence-electron chi connectivity index (χ0n) is 14.7. The van der Waals surface area contributed by atoms with Crippen molar-refractivity contribution in [2.45, 2.75) is 13.5 Å². The van der Waals surface area contributed by atoms with E-state index < -0.39 is 10.8 Å². The van der Waals surface area contributed by atoms with Gasteiger partial charge < -0.3 is 4.57 Å². The quantitative estimate of drug-likeness (QED) is 0.288. The van der Waals surface area contributed by atoms with Gasteiger partial charge in [0, 0.05) is 24.8 Å². The average molecular weight is 379 g/mol. The third-order valence-corrected chi connectivity index (χ3v) is 4.92. The van der Waals surface area contributed by atoms with Crippen molar-refractivity contribution in [2.75, 3.05) is 0 Å². The molecule has 3 aromatic rings. The van der Waals surface area contributed by atoms with Crippen molar-refractivity contribution in [3.63, 3.8) is 0 Å². The van der Waals surface area contributed by atoms with Gasteiger partial charge in [-0.15, -0.1) is 6.58 Å². The smallest absolute Gasteiger partial charge is 0.272 e. The van der Waals surface area contributed by atoms with Gasteiger partial charge in [0.1, 0.15) is 0 Å². The third-order valence-electron chi connectivity index (χ3n) is 3.88. The van der Waals surface area contributed by atoms with Gasteiger partial charge >= 0.3 is 0 Å². The highest BCUT2D eigenvalue weighted by Gasteiger charge is 2.07. The summed E-state index contributed by atoms with van der Waals surface area (Å²) in [6.45, 7) is 6.35. The molecule has 0 N–H and O–H groups in total. The molecule has 6 nitrogen and oxygen atoms in total. The standard InChI is InChI=1S/C20H17N3O3S/c1-3-12-22-17-10-4-14(2)13-18(17)27-20(22)21-19(24)11-7-15-5-8-16(9-6-15)23(25)26/h3-11,13H,1,12H2,2H3. The minimum atomic E-state index is -0.463. The summed E-state index contributed by atoms with van der Waals surface area (Å²) in [7, 11) is 0. The summed E-state index contributed by atoms with van der Waals surface area (Å²) < 4.78 is 3.01. The molecule has 0 bridgehead atoms.